The van der Waals surface area contributed by atoms with Gasteiger partial charge in [-0.05, 0) is 48.9 Å². The number of rotatable bonds is 4. The van der Waals surface area contributed by atoms with Crippen molar-refractivity contribution in [3.05, 3.63) is 84.4 Å². The first-order valence-electron chi connectivity index (χ1n) is 8.44. The van der Waals surface area contributed by atoms with E-state index in [9.17, 15) is 0 Å². The first kappa shape index (κ1) is 15.5. The molecule has 3 nitrogen and oxygen atoms in total. The van der Waals surface area contributed by atoms with Crippen LogP contribution in [-0.2, 0) is 0 Å². The molecule has 4 aromatic rings. The van der Waals surface area contributed by atoms with Gasteiger partial charge >= 0.3 is 0 Å². The Labute approximate surface area is 147 Å². The summed E-state index contributed by atoms with van der Waals surface area (Å²) in [5.41, 5.74) is 4.50. The SMILES string of the molecule is COc1ccc(-c2nc3ccccc3n2[C@H](C)c2ccccc2)cc1. The minimum absolute atomic E-state index is 0.186. The summed E-state index contributed by atoms with van der Waals surface area (Å²) in [7, 11) is 1.68. The summed E-state index contributed by atoms with van der Waals surface area (Å²) < 4.78 is 7.60. The summed E-state index contributed by atoms with van der Waals surface area (Å²) in [6.45, 7) is 2.22. The number of hydrogen-bond acceptors (Lipinski definition) is 2. The first-order valence-corrected chi connectivity index (χ1v) is 8.44. The van der Waals surface area contributed by atoms with Gasteiger partial charge in [-0.3, -0.25) is 0 Å². The normalized spacial score (nSPS) is 12.2. The van der Waals surface area contributed by atoms with E-state index < -0.39 is 0 Å². The third-order valence-corrected chi connectivity index (χ3v) is 4.61. The van der Waals surface area contributed by atoms with Crippen LogP contribution in [0.3, 0.4) is 0 Å². The molecule has 0 bridgehead atoms. The molecule has 0 N–H and O–H groups in total. The van der Waals surface area contributed by atoms with Gasteiger partial charge in [0.05, 0.1) is 24.2 Å². The summed E-state index contributed by atoms with van der Waals surface area (Å²) in [6, 6.07) is 27.1. The maximum absolute atomic E-state index is 5.28. The van der Waals surface area contributed by atoms with E-state index in [2.05, 4.69) is 66.1 Å². The van der Waals surface area contributed by atoms with Gasteiger partial charge in [0.25, 0.3) is 0 Å². The second kappa shape index (κ2) is 6.44. The summed E-state index contributed by atoms with van der Waals surface area (Å²) in [5.74, 6) is 1.82. The van der Waals surface area contributed by atoms with Gasteiger partial charge in [-0.15, -0.1) is 0 Å². The Kier molecular flexibility index (Phi) is 3.98. The molecule has 0 spiro atoms. The highest BCUT2D eigenvalue weighted by Gasteiger charge is 2.18. The molecule has 0 saturated heterocycles. The zero-order valence-corrected chi connectivity index (χ0v) is 14.4. The molecule has 124 valence electrons. The predicted octanol–water partition coefficient (Wildman–Crippen LogP) is 5.32. The number of fused-ring (bicyclic) bond motifs is 1. The molecule has 1 aromatic heterocycles. The summed E-state index contributed by atoms with van der Waals surface area (Å²) in [6.07, 6.45) is 0. The lowest BCUT2D eigenvalue weighted by Crippen LogP contribution is -2.08. The van der Waals surface area contributed by atoms with Crippen molar-refractivity contribution in [2.75, 3.05) is 7.11 Å². The van der Waals surface area contributed by atoms with Gasteiger partial charge in [0, 0.05) is 5.56 Å². The van der Waals surface area contributed by atoms with Crippen LogP contribution in [0, 0.1) is 0 Å². The number of nitrogens with zero attached hydrogens (tertiary/aromatic N) is 2. The fraction of sp³-hybridized carbons (Fsp3) is 0.136. The van der Waals surface area contributed by atoms with Gasteiger partial charge in [-0.25, -0.2) is 4.98 Å². The largest absolute Gasteiger partial charge is 0.497 e. The molecular formula is C22H20N2O. The van der Waals surface area contributed by atoms with Crippen molar-refractivity contribution < 1.29 is 4.74 Å². The van der Waals surface area contributed by atoms with Crippen LogP contribution in [0.15, 0.2) is 78.9 Å². The van der Waals surface area contributed by atoms with Crippen molar-refractivity contribution in [2.45, 2.75) is 13.0 Å². The summed E-state index contributed by atoms with van der Waals surface area (Å²) >= 11 is 0. The van der Waals surface area contributed by atoms with Crippen LogP contribution < -0.4 is 4.74 Å². The average Bonchev–Trinajstić information content (AvgIpc) is 3.07. The molecule has 4 rings (SSSR count). The summed E-state index contributed by atoms with van der Waals surface area (Å²) in [4.78, 5) is 4.91. The van der Waals surface area contributed by atoms with Crippen molar-refractivity contribution >= 4 is 11.0 Å². The van der Waals surface area contributed by atoms with Gasteiger partial charge in [0.15, 0.2) is 0 Å². The highest BCUT2D eigenvalue weighted by atomic mass is 16.5. The lowest BCUT2D eigenvalue weighted by molar-refractivity contribution is 0.415. The molecule has 0 aliphatic carbocycles. The lowest BCUT2D eigenvalue weighted by Gasteiger charge is -2.18. The molecule has 0 unspecified atom stereocenters. The van der Waals surface area contributed by atoms with Gasteiger partial charge in [0.1, 0.15) is 11.6 Å². The first-order chi connectivity index (χ1) is 12.3. The molecule has 25 heavy (non-hydrogen) atoms. The van der Waals surface area contributed by atoms with Gasteiger partial charge in [0.2, 0.25) is 0 Å². The maximum Gasteiger partial charge on any atom is 0.141 e. The fourth-order valence-electron chi connectivity index (χ4n) is 3.26. The number of hydrogen-bond donors (Lipinski definition) is 0. The van der Waals surface area contributed by atoms with E-state index in [1.165, 1.54) is 5.56 Å². The van der Waals surface area contributed by atoms with Crippen molar-refractivity contribution in [2.24, 2.45) is 0 Å². The number of para-hydroxylation sites is 2. The smallest absolute Gasteiger partial charge is 0.141 e. The van der Waals surface area contributed by atoms with Crippen molar-refractivity contribution in [3.8, 4) is 17.1 Å². The number of methoxy groups -OCH3 is 1. The van der Waals surface area contributed by atoms with Crippen LogP contribution in [0.2, 0.25) is 0 Å². The van der Waals surface area contributed by atoms with Crippen LogP contribution in [-0.4, -0.2) is 16.7 Å². The monoisotopic (exact) mass is 328 g/mol. The van der Waals surface area contributed by atoms with E-state index in [-0.39, 0.29) is 6.04 Å². The van der Waals surface area contributed by atoms with Crippen molar-refractivity contribution in [1.29, 1.82) is 0 Å². The number of benzene rings is 3. The van der Waals surface area contributed by atoms with E-state index in [0.29, 0.717) is 0 Å². The highest BCUT2D eigenvalue weighted by Crippen LogP contribution is 2.32. The van der Waals surface area contributed by atoms with E-state index in [4.69, 9.17) is 9.72 Å². The van der Waals surface area contributed by atoms with Crippen LogP contribution >= 0.6 is 0 Å². The van der Waals surface area contributed by atoms with Crippen LogP contribution in [0.5, 0.6) is 5.75 Å². The molecule has 0 aliphatic heterocycles. The Bertz CT molecular complexity index is 988. The molecular weight excluding hydrogens is 308 g/mol. The third-order valence-electron chi connectivity index (χ3n) is 4.61. The molecule has 3 heteroatoms. The molecule has 0 fully saturated rings. The molecule has 3 aromatic carbocycles. The molecule has 0 amide bonds. The zero-order chi connectivity index (χ0) is 17.2. The van der Waals surface area contributed by atoms with Crippen molar-refractivity contribution in [3.63, 3.8) is 0 Å². The lowest BCUT2D eigenvalue weighted by atomic mass is 10.1. The Morgan fingerprint density at radius 1 is 0.840 bits per heavy atom. The maximum atomic E-state index is 5.28. The minimum atomic E-state index is 0.186. The Hall–Kier alpha value is -3.07. The van der Waals surface area contributed by atoms with E-state index in [1.807, 2.05) is 24.3 Å². The fourth-order valence-corrected chi connectivity index (χ4v) is 3.26. The third kappa shape index (κ3) is 2.78. The molecule has 0 radical (unpaired) electrons. The Morgan fingerprint density at radius 2 is 1.52 bits per heavy atom. The van der Waals surface area contributed by atoms with E-state index >= 15 is 0 Å². The second-order valence-corrected chi connectivity index (χ2v) is 6.11. The van der Waals surface area contributed by atoms with Crippen LogP contribution in [0.4, 0.5) is 0 Å². The minimum Gasteiger partial charge on any atom is -0.497 e. The van der Waals surface area contributed by atoms with Crippen LogP contribution in [0.1, 0.15) is 18.5 Å². The van der Waals surface area contributed by atoms with Gasteiger partial charge in [-0.1, -0.05) is 42.5 Å². The van der Waals surface area contributed by atoms with Crippen molar-refractivity contribution in [1.82, 2.24) is 9.55 Å². The Balaban J connectivity index is 1.91. The Morgan fingerprint density at radius 3 is 2.24 bits per heavy atom. The van der Waals surface area contributed by atoms with Crippen LogP contribution in [0.25, 0.3) is 22.4 Å². The molecule has 1 heterocycles. The second-order valence-electron chi connectivity index (χ2n) is 6.11. The van der Waals surface area contributed by atoms with Gasteiger partial charge < -0.3 is 9.30 Å². The number of ether oxygens (including phenoxy) is 1. The summed E-state index contributed by atoms with van der Waals surface area (Å²) in [5, 5.41) is 0. The van der Waals surface area contributed by atoms with E-state index in [1.54, 1.807) is 7.11 Å². The number of aromatic nitrogens is 2. The molecule has 0 saturated carbocycles. The van der Waals surface area contributed by atoms with E-state index in [0.717, 1.165) is 28.2 Å². The predicted molar refractivity (Wildman–Crippen MR) is 102 cm³/mol. The highest BCUT2D eigenvalue weighted by molar-refractivity contribution is 5.81. The number of imidazole rings is 1. The standard InChI is InChI=1S/C22H20N2O/c1-16(17-8-4-3-5-9-17)24-21-11-7-6-10-20(21)23-22(24)18-12-14-19(25-2)15-13-18/h3-16H,1-2H3/t16-/m1/s1. The molecule has 0 aliphatic rings. The molecule has 1 atom stereocenters. The average molecular weight is 328 g/mol. The topological polar surface area (TPSA) is 27.1 Å². The van der Waals surface area contributed by atoms with Gasteiger partial charge in [-0.2, -0.15) is 0 Å². The quantitative estimate of drug-likeness (QED) is 0.507. The zero-order valence-electron chi connectivity index (χ0n) is 14.4.